The highest BCUT2D eigenvalue weighted by atomic mass is 32.2. The molecular formula is C10H16N4O3S. The predicted octanol–water partition coefficient (Wildman–Crippen LogP) is -0.533. The molecule has 1 aromatic rings. The standard InChI is InChI=1S/C10H16N4O3S/c1-3-13-10(15)7(2)14-18(16,17)9-6-12-5-4-8(9)11/h4-7,14H,3H2,1-2H3,(H2,11,12)(H,13,15). The van der Waals surface area contributed by atoms with Gasteiger partial charge in [-0.2, -0.15) is 4.72 Å². The van der Waals surface area contributed by atoms with Crippen LogP contribution in [-0.4, -0.2) is 31.9 Å². The number of nitrogens with one attached hydrogen (secondary N) is 2. The zero-order chi connectivity index (χ0) is 13.8. The monoisotopic (exact) mass is 272 g/mol. The summed E-state index contributed by atoms with van der Waals surface area (Å²) < 4.78 is 26.2. The van der Waals surface area contributed by atoms with Crippen molar-refractivity contribution in [2.75, 3.05) is 12.3 Å². The summed E-state index contributed by atoms with van der Waals surface area (Å²) in [6, 6.07) is 0.500. The van der Waals surface area contributed by atoms with Crippen LogP contribution in [-0.2, 0) is 14.8 Å². The van der Waals surface area contributed by atoms with Crippen LogP contribution in [0.25, 0.3) is 0 Å². The fourth-order valence-corrected chi connectivity index (χ4v) is 2.57. The van der Waals surface area contributed by atoms with Crippen LogP contribution in [0.4, 0.5) is 5.69 Å². The zero-order valence-electron chi connectivity index (χ0n) is 10.2. The fraction of sp³-hybridized carbons (Fsp3) is 0.400. The summed E-state index contributed by atoms with van der Waals surface area (Å²) in [7, 11) is -3.85. The Kier molecular flexibility index (Phi) is 4.62. The third kappa shape index (κ3) is 3.41. The second kappa shape index (κ2) is 5.78. The second-order valence-corrected chi connectivity index (χ2v) is 5.33. The van der Waals surface area contributed by atoms with Crippen molar-refractivity contribution in [3.8, 4) is 0 Å². The quantitative estimate of drug-likeness (QED) is 0.666. The molecule has 0 aromatic carbocycles. The minimum absolute atomic E-state index is 0.0839. The number of likely N-dealkylation sites (N-methyl/N-ethyl adjacent to an activating group) is 1. The molecule has 0 saturated carbocycles. The SMILES string of the molecule is CCNC(=O)C(C)NS(=O)(=O)c1cnccc1N. The molecule has 1 aromatic heterocycles. The Bertz CT molecular complexity index is 530. The Hall–Kier alpha value is -1.67. The van der Waals surface area contributed by atoms with E-state index in [1.807, 2.05) is 0 Å². The number of rotatable bonds is 5. The number of hydrogen-bond acceptors (Lipinski definition) is 5. The summed E-state index contributed by atoms with van der Waals surface area (Å²) in [6.45, 7) is 3.63. The largest absolute Gasteiger partial charge is 0.398 e. The first-order chi connectivity index (χ1) is 8.38. The highest BCUT2D eigenvalue weighted by Gasteiger charge is 2.23. The number of anilines is 1. The van der Waals surface area contributed by atoms with Gasteiger partial charge in [0.15, 0.2) is 0 Å². The van der Waals surface area contributed by atoms with Crippen LogP contribution in [0, 0.1) is 0 Å². The van der Waals surface area contributed by atoms with E-state index in [4.69, 9.17) is 5.73 Å². The molecule has 8 heteroatoms. The maximum Gasteiger partial charge on any atom is 0.244 e. The highest BCUT2D eigenvalue weighted by molar-refractivity contribution is 7.89. The van der Waals surface area contributed by atoms with Crippen LogP contribution in [0.3, 0.4) is 0 Å². The smallest absolute Gasteiger partial charge is 0.244 e. The van der Waals surface area contributed by atoms with E-state index in [2.05, 4.69) is 15.0 Å². The average molecular weight is 272 g/mol. The average Bonchev–Trinajstić information content (AvgIpc) is 2.29. The number of sulfonamides is 1. The number of pyridine rings is 1. The minimum atomic E-state index is -3.85. The molecule has 1 atom stereocenters. The van der Waals surface area contributed by atoms with Gasteiger partial charge in [-0.15, -0.1) is 0 Å². The molecule has 4 N–H and O–H groups in total. The molecule has 0 spiro atoms. The molecule has 1 unspecified atom stereocenters. The van der Waals surface area contributed by atoms with Crippen molar-refractivity contribution >= 4 is 21.6 Å². The van der Waals surface area contributed by atoms with Gasteiger partial charge in [0, 0.05) is 18.9 Å². The molecule has 1 heterocycles. The third-order valence-electron chi connectivity index (χ3n) is 2.18. The van der Waals surface area contributed by atoms with Gasteiger partial charge in [-0.25, -0.2) is 8.42 Å². The van der Waals surface area contributed by atoms with Crippen molar-refractivity contribution in [3.63, 3.8) is 0 Å². The molecular weight excluding hydrogens is 256 g/mol. The Morgan fingerprint density at radius 1 is 1.56 bits per heavy atom. The van der Waals surface area contributed by atoms with Gasteiger partial charge in [0.25, 0.3) is 0 Å². The van der Waals surface area contributed by atoms with Crippen LogP contribution >= 0.6 is 0 Å². The first-order valence-corrected chi connectivity index (χ1v) is 6.86. The topological polar surface area (TPSA) is 114 Å². The fourth-order valence-electron chi connectivity index (χ4n) is 1.29. The molecule has 1 rings (SSSR count). The Morgan fingerprint density at radius 3 is 2.78 bits per heavy atom. The van der Waals surface area contributed by atoms with Gasteiger partial charge in [-0.3, -0.25) is 9.78 Å². The van der Waals surface area contributed by atoms with E-state index in [1.165, 1.54) is 19.2 Å². The van der Waals surface area contributed by atoms with E-state index in [-0.39, 0.29) is 10.6 Å². The van der Waals surface area contributed by atoms with E-state index in [0.29, 0.717) is 6.54 Å². The molecule has 0 fully saturated rings. The summed E-state index contributed by atoms with van der Waals surface area (Å²) in [6.07, 6.45) is 2.53. The molecule has 100 valence electrons. The minimum Gasteiger partial charge on any atom is -0.398 e. The lowest BCUT2D eigenvalue weighted by molar-refractivity contribution is -0.122. The molecule has 7 nitrogen and oxygen atoms in total. The van der Waals surface area contributed by atoms with E-state index >= 15 is 0 Å². The summed E-state index contributed by atoms with van der Waals surface area (Å²) >= 11 is 0. The highest BCUT2D eigenvalue weighted by Crippen LogP contribution is 2.15. The Labute approximate surface area is 106 Å². The Balaban J connectivity index is 2.90. The van der Waals surface area contributed by atoms with Gasteiger partial charge < -0.3 is 11.1 Å². The summed E-state index contributed by atoms with van der Waals surface area (Å²) in [4.78, 5) is 15.0. The first-order valence-electron chi connectivity index (χ1n) is 5.38. The van der Waals surface area contributed by atoms with Crippen molar-refractivity contribution in [1.82, 2.24) is 15.0 Å². The van der Waals surface area contributed by atoms with Crippen molar-refractivity contribution in [2.24, 2.45) is 0 Å². The number of carbonyl (C=O) groups is 1. The maximum absolute atomic E-state index is 12.0. The molecule has 0 saturated heterocycles. The summed E-state index contributed by atoms with van der Waals surface area (Å²) in [5, 5.41) is 2.52. The number of amides is 1. The molecule has 0 aliphatic heterocycles. The predicted molar refractivity (Wildman–Crippen MR) is 67.1 cm³/mol. The molecule has 0 aliphatic carbocycles. The van der Waals surface area contributed by atoms with Crippen molar-refractivity contribution < 1.29 is 13.2 Å². The number of aromatic nitrogens is 1. The normalized spacial score (nSPS) is 13.0. The van der Waals surface area contributed by atoms with E-state index in [0.717, 1.165) is 6.20 Å². The molecule has 1 amide bonds. The lowest BCUT2D eigenvalue weighted by atomic mass is 10.3. The van der Waals surface area contributed by atoms with Crippen molar-refractivity contribution in [2.45, 2.75) is 24.8 Å². The van der Waals surface area contributed by atoms with Crippen molar-refractivity contribution in [3.05, 3.63) is 18.5 Å². The van der Waals surface area contributed by atoms with Crippen LogP contribution in [0.2, 0.25) is 0 Å². The number of hydrogen-bond donors (Lipinski definition) is 3. The zero-order valence-corrected chi connectivity index (χ0v) is 11.0. The number of carbonyl (C=O) groups excluding carboxylic acids is 1. The van der Waals surface area contributed by atoms with E-state index in [9.17, 15) is 13.2 Å². The first kappa shape index (κ1) is 14.4. The second-order valence-electron chi connectivity index (χ2n) is 3.65. The van der Waals surface area contributed by atoms with Crippen molar-refractivity contribution in [1.29, 1.82) is 0 Å². The number of nitrogens with zero attached hydrogens (tertiary/aromatic N) is 1. The van der Waals surface area contributed by atoms with Crippen LogP contribution in [0.15, 0.2) is 23.4 Å². The van der Waals surface area contributed by atoms with Gasteiger partial charge in [-0.05, 0) is 19.9 Å². The summed E-state index contributed by atoms with van der Waals surface area (Å²) in [5.74, 6) is -0.400. The Morgan fingerprint density at radius 2 is 2.22 bits per heavy atom. The van der Waals surface area contributed by atoms with Gasteiger partial charge in [0.2, 0.25) is 15.9 Å². The number of nitrogens with two attached hydrogens (primary N) is 1. The van der Waals surface area contributed by atoms with Gasteiger partial charge in [-0.1, -0.05) is 0 Å². The molecule has 18 heavy (non-hydrogen) atoms. The summed E-state index contributed by atoms with van der Waals surface area (Å²) in [5.41, 5.74) is 5.64. The molecule has 0 bridgehead atoms. The lowest BCUT2D eigenvalue weighted by Crippen LogP contribution is -2.44. The maximum atomic E-state index is 12.0. The molecule has 0 radical (unpaired) electrons. The lowest BCUT2D eigenvalue weighted by Gasteiger charge is -2.14. The molecule has 0 aliphatic rings. The van der Waals surface area contributed by atoms with E-state index in [1.54, 1.807) is 6.92 Å². The van der Waals surface area contributed by atoms with Gasteiger partial charge >= 0.3 is 0 Å². The van der Waals surface area contributed by atoms with Crippen LogP contribution in [0.5, 0.6) is 0 Å². The van der Waals surface area contributed by atoms with E-state index < -0.39 is 22.0 Å². The van der Waals surface area contributed by atoms with Gasteiger partial charge in [0.05, 0.1) is 11.7 Å². The van der Waals surface area contributed by atoms with Gasteiger partial charge in [0.1, 0.15) is 4.90 Å². The third-order valence-corrected chi connectivity index (χ3v) is 3.77. The number of nitrogen functional groups attached to an aromatic ring is 1. The van der Waals surface area contributed by atoms with Crippen LogP contribution in [0.1, 0.15) is 13.8 Å². The van der Waals surface area contributed by atoms with Crippen LogP contribution < -0.4 is 15.8 Å².